The normalized spacial score (nSPS) is 22.3. The summed E-state index contributed by atoms with van der Waals surface area (Å²) >= 11 is 0. The van der Waals surface area contributed by atoms with Crippen LogP contribution in [0.1, 0.15) is 38.4 Å². The van der Waals surface area contributed by atoms with Crippen LogP contribution in [0.2, 0.25) is 0 Å². The van der Waals surface area contributed by atoms with Crippen LogP contribution < -0.4 is 10.1 Å². The van der Waals surface area contributed by atoms with Crippen molar-refractivity contribution in [1.29, 1.82) is 0 Å². The van der Waals surface area contributed by atoms with Crippen molar-refractivity contribution in [2.45, 2.75) is 45.6 Å². The van der Waals surface area contributed by atoms with Crippen LogP contribution in [0.4, 0.5) is 5.95 Å². The van der Waals surface area contributed by atoms with Gasteiger partial charge in [-0.25, -0.2) is 0 Å². The first-order chi connectivity index (χ1) is 16.4. The molecule has 6 rings (SSSR count). The molecule has 10 heteroatoms. The molecule has 1 saturated heterocycles. The Morgan fingerprint density at radius 1 is 1.21 bits per heavy atom. The number of aromatic amines is 1. The highest BCUT2D eigenvalue weighted by molar-refractivity contribution is 5.97. The van der Waals surface area contributed by atoms with E-state index in [1.165, 1.54) is 0 Å². The molecular weight excluding hydrogens is 432 g/mol. The maximum absolute atomic E-state index is 12.9. The van der Waals surface area contributed by atoms with Gasteiger partial charge in [-0.05, 0) is 44.7 Å². The maximum atomic E-state index is 12.9. The fourth-order valence-electron chi connectivity index (χ4n) is 5.39. The smallest absolute Gasteiger partial charge is 0.228 e. The number of amides is 1. The van der Waals surface area contributed by atoms with Crippen molar-refractivity contribution >= 4 is 28.5 Å². The van der Waals surface area contributed by atoms with Gasteiger partial charge in [0.15, 0.2) is 5.65 Å². The van der Waals surface area contributed by atoms with E-state index in [1.807, 2.05) is 40.8 Å². The summed E-state index contributed by atoms with van der Waals surface area (Å²) in [5, 5.41) is 12.5. The fraction of sp³-hybridized carbons (Fsp3) is 0.458. The topological polar surface area (TPSA) is 113 Å². The third-order valence-electron chi connectivity index (χ3n) is 7.21. The Kier molecular flexibility index (Phi) is 4.72. The number of methoxy groups -OCH3 is 1. The molecule has 0 bridgehead atoms. The number of aromatic nitrogens is 6. The highest BCUT2D eigenvalue weighted by atomic mass is 16.5. The predicted molar refractivity (Wildman–Crippen MR) is 128 cm³/mol. The lowest BCUT2D eigenvalue weighted by Crippen LogP contribution is -2.53. The van der Waals surface area contributed by atoms with E-state index in [0.717, 1.165) is 66.8 Å². The summed E-state index contributed by atoms with van der Waals surface area (Å²) in [5.74, 6) is 2.11. The number of H-pyrrole nitrogens is 1. The van der Waals surface area contributed by atoms with E-state index in [4.69, 9.17) is 9.72 Å². The molecule has 2 aliphatic rings. The first-order valence-electron chi connectivity index (χ1n) is 11.8. The van der Waals surface area contributed by atoms with Gasteiger partial charge in [0, 0.05) is 42.7 Å². The molecule has 10 nitrogen and oxygen atoms in total. The van der Waals surface area contributed by atoms with Gasteiger partial charge in [0.25, 0.3) is 0 Å². The lowest BCUT2D eigenvalue weighted by Gasteiger charge is -2.45. The molecule has 1 amide bonds. The molecule has 5 heterocycles. The number of ether oxygens (including phenoxy) is 1. The summed E-state index contributed by atoms with van der Waals surface area (Å²) in [5.41, 5.74) is 3.13. The van der Waals surface area contributed by atoms with E-state index < -0.39 is 0 Å². The van der Waals surface area contributed by atoms with Crippen LogP contribution in [0.25, 0.3) is 27.8 Å². The van der Waals surface area contributed by atoms with Gasteiger partial charge >= 0.3 is 0 Å². The molecule has 2 N–H and O–H groups in total. The quantitative estimate of drug-likeness (QED) is 0.470. The second-order valence-corrected chi connectivity index (χ2v) is 9.69. The molecule has 0 unspecified atom stereocenters. The van der Waals surface area contributed by atoms with Crippen molar-refractivity contribution in [2.24, 2.45) is 5.41 Å². The molecule has 0 radical (unpaired) electrons. The zero-order valence-corrected chi connectivity index (χ0v) is 19.6. The highest BCUT2D eigenvalue weighted by Crippen LogP contribution is 2.44. The fourth-order valence-corrected chi connectivity index (χ4v) is 5.39. The molecule has 34 heavy (non-hydrogen) atoms. The van der Waals surface area contributed by atoms with Gasteiger partial charge in [-0.2, -0.15) is 9.97 Å². The van der Waals surface area contributed by atoms with Crippen LogP contribution in [0.5, 0.6) is 5.88 Å². The molecular formula is C24H28N8O2. The van der Waals surface area contributed by atoms with E-state index >= 15 is 0 Å². The van der Waals surface area contributed by atoms with Gasteiger partial charge < -0.3 is 19.9 Å². The van der Waals surface area contributed by atoms with Crippen molar-refractivity contribution < 1.29 is 9.53 Å². The van der Waals surface area contributed by atoms with Crippen LogP contribution in [-0.4, -0.2) is 66.6 Å². The summed E-state index contributed by atoms with van der Waals surface area (Å²) in [7, 11) is 1.62. The van der Waals surface area contributed by atoms with Gasteiger partial charge in [0.2, 0.25) is 17.7 Å². The number of carbonyl (C=O) groups is 1. The number of aryl methyl sites for hydroxylation is 1. The number of rotatable bonds is 5. The second-order valence-electron chi connectivity index (χ2n) is 9.69. The number of hydrogen-bond donors (Lipinski definition) is 2. The Morgan fingerprint density at radius 2 is 2.00 bits per heavy atom. The van der Waals surface area contributed by atoms with Gasteiger partial charge in [-0.3, -0.25) is 9.20 Å². The molecule has 4 aromatic rings. The minimum absolute atomic E-state index is 0.160. The number of carbonyl (C=O) groups excluding carboxylic acids is 1. The number of pyridine rings is 1. The molecule has 1 saturated carbocycles. The molecule has 2 fully saturated rings. The summed E-state index contributed by atoms with van der Waals surface area (Å²) in [6.07, 6.45) is 7.71. The Balaban J connectivity index is 1.25. The van der Waals surface area contributed by atoms with Crippen molar-refractivity contribution in [3.63, 3.8) is 0 Å². The third-order valence-corrected chi connectivity index (χ3v) is 7.21. The van der Waals surface area contributed by atoms with Crippen molar-refractivity contribution in [2.75, 3.05) is 25.5 Å². The summed E-state index contributed by atoms with van der Waals surface area (Å²) in [6.45, 7) is 5.78. The van der Waals surface area contributed by atoms with Crippen LogP contribution >= 0.6 is 0 Å². The second kappa shape index (κ2) is 7.68. The average molecular weight is 461 g/mol. The number of likely N-dealkylation sites (tertiary alicyclic amines) is 1. The van der Waals surface area contributed by atoms with Crippen molar-refractivity contribution in [1.82, 2.24) is 34.4 Å². The van der Waals surface area contributed by atoms with Gasteiger partial charge in [-0.1, -0.05) is 6.92 Å². The van der Waals surface area contributed by atoms with E-state index in [9.17, 15) is 4.79 Å². The SMILES string of the molecule is COc1nc(NC2CC(C)(C(=O)N3CCCC3)C2)nc2[nH]cc(-c3ccc4nnc(C)n4c3)c12. The number of nitrogens with one attached hydrogen (secondary N) is 2. The van der Waals surface area contributed by atoms with Crippen LogP contribution in [0.15, 0.2) is 24.5 Å². The molecule has 4 aromatic heterocycles. The monoisotopic (exact) mass is 460 g/mol. The molecule has 0 atom stereocenters. The van der Waals surface area contributed by atoms with E-state index in [0.29, 0.717) is 17.5 Å². The van der Waals surface area contributed by atoms with Crippen LogP contribution in [0.3, 0.4) is 0 Å². The van der Waals surface area contributed by atoms with Crippen molar-refractivity contribution in [3.8, 4) is 17.0 Å². The Bertz CT molecular complexity index is 1400. The first-order valence-corrected chi connectivity index (χ1v) is 11.8. The summed E-state index contributed by atoms with van der Waals surface area (Å²) < 4.78 is 7.61. The minimum atomic E-state index is -0.297. The van der Waals surface area contributed by atoms with Gasteiger partial charge in [-0.15, -0.1) is 10.2 Å². The zero-order chi connectivity index (χ0) is 23.4. The van der Waals surface area contributed by atoms with Crippen LogP contribution in [0, 0.1) is 12.3 Å². The predicted octanol–water partition coefficient (Wildman–Crippen LogP) is 3.19. The highest BCUT2D eigenvalue weighted by Gasteiger charge is 2.48. The molecule has 0 spiro atoms. The van der Waals surface area contributed by atoms with E-state index in [2.05, 4.69) is 32.4 Å². The largest absolute Gasteiger partial charge is 0.480 e. The summed E-state index contributed by atoms with van der Waals surface area (Å²) in [6, 6.07) is 4.10. The number of fused-ring (bicyclic) bond motifs is 2. The number of hydrogen-bond acceptors (Lipinski definition) is 7. The summed E-state index contributed by atoms with van der Waals surface area (Å²) in [4.78, 5) is 27.5. The third kappa shape index (κ3) is 3.27. The first kappa shape index (κ1) is 20.9. The zero-order valence-electron chi connectivity index (χ0n) is 19.6. The lowest BCUT2D eigenvalue weighted by molar-refractivity contribution is -0.145. The van der Waals surface area contributed by atoms with Crippen molar-refractivity contribution in [3.05, 3.63) is 30.4 Å². The Morgan fingerprint density at radius 3 is 2.76 bits per heavy atom. The van der Waals surface area contributed by atoms with E-state index in [1.54, 1.807) is 7.11 Å². The van der Waals surface area contributed by atoms with Gasteiger partial charge in [0.1, 0.15) is 11.5 Å². The molecule has 1 aliphatic heterocycles. The standard InChI is InChI=1S/C24H28N8O2/c1-14-29-30-18-7-6-15(13-32(14)18)17-12-25-20-19(17)21(34-3)28-23(27-20)26-16-10-24(2,11-16)22(33)31-8-4-5-9-31/h6-7,12-13,16H,4-5,8-11H2,1-3H3,(H2,25,26,27,28). The minimum Gasteiger partial charge on any atom is -0.480 e. The number of anilines is 1. The lowest BCUT2D eigenvalue weighted by atomic mass is 9.66. The Labute approximate surface area is 196 Å². The van der Waals surface area contributed by atoms with Crippen LogP contribution in [-0.2, 0) is 4.79 Å². The number of nitrogens with zero attached hydrogens (tertiary/aromatic N) is 6. The van der Waals surface area contributed by atoms with E-state index in [-0.39, 0.29) is 17.4 Å². The molecule has 0 aromatic carbocycles. The maximum Gasteiger partial charge on any atom is 0.228 e. The Hall–Kier alpha value is -3.69. The average Bonchev–Trinajstić information content (AvgIpc) is 3.57. The molecule has 1 aliphatic carbocycles. The van der Waals surface area contributed by atoms with Gasteiger partial charge in [0.05, 0.1) is 17.9 Å². The molecule has 176 valence electrons.